The third-order valence-electron chi connectivity index (χ3n) is 4.63. The van der Waals surface area contributed by atoms with Gasteiger partial charge in [0.05, 0.1) is 23.6 Å². The highest BCUT2D eigenvalue weighted by molar-refractivity contribution is 5.98. The average molecular weight is 346 g/mol. The van der Waals surface area contributed by atoms with Crippen LogP contribution in [0.4, 0.5) is 0 Å². The van der Waals surface area contributed by atoms with E-state index in [1.54, 1.807) is 6.20 Å². The number of aliphatic hydroxyl groups is 1. The van der Waals surface area contributed by atoms with Gasteiger partial charge in [-0.15, -0.1) is 0 Å². The Bertz CT molecular complexity index is 762. The number of nitrogens with zero attached hydrogens (tertiary/aromatic N) is 3. The minimum absolute atomic E-state index is 0.133. The Morgan fingerprint density at radius 2 is 1.96 bits per heavy atom. The molecule has 1 unspecified atom stereocenters. The molecule has 0 aliphatic rings. The Morgan fingerprint density at radius 3 is 2.52 bits per heavy atom. The number of hydrogen-bond acceptors (Lipinski definition) is 4. The van der Waals surface area contributed by atoms with Crippen LogP contribution in [0, 0.1) is 18.3 Å². The van der Waals surface area contributed by atoms with Crippen molar-refractivity contribution in [3.05, 3.63) is 23.5 Å². The van der Waals surface area contributed by atoms with E-state index in [-0.39, 0.29) is 17.9 Å². The lowest BCUT2D eigenvalue weighted by atomic mass is 9.80. The second kappa shape index (κ2) is 7.12. The van der Waals surface area contributed by atoms with Gasteiger partial charge in [0.15, 0.2) is 5.65 Å². The number of aryl methyl sites for hydroxylation is 1. The SMILES string of the molecule is Cc1nc2c(cnn2C(C)C)cc1C(=O)NCC(C)(C)C(O)C(C)C. The molecule has 0 bridgehead atoms. The quantitative estimate of drug-likeness (QED) is 0.842. The lowest BCUT2D eigenvalue weighted by Crippen LogP contribution is -2.43. The van der Waals surface area contributed by atoms with Gasteiger partial charge in [-0.1, -0.05) is 27.7 Å². The number of carbonyl (C=O) groups is 1. The normalized spacial score (nSPS) is 13.7. The summed E-state index contributed by atoms with van der Waals surface area (Å²) in [7, 11) is 0. The van der Waals surface area contributed by atoms with Crippen molar-refractivity contribution in [2.45, 2.75) is 60.6 Å². The first-order valence-electron chi connectivity index (χ1n) is 8.85. The highest BCUT2D eigenvalue weighted by Crippen LogP contribution is 2.25. The molecule has 0 fully saturated rings. The van der Waals surface area contributed by atoms with Crippen molar-refractivity contribution in [2.24, 2.45) is 11.3 Å². The van der Waals surface area contributed by atoms with E-state index >= 15 is 0 Å². The van der Waals surface area contributed by atoms with Gasteiger partial charge in [0, 0.05) is 23.4 Å². The standard InChI is InChI=1S/C19H30N4O2/c1-11(2)16(24)19(6,7)10-20-18(25)15-8-14-9-21-23(12(3)4)17(14)22-13(15)5/h8-9,11-12,16,24H,10H2,1-7H3,(H,20,25). The van der Waals surface area contributed by atoms with E-state index < -0.39 is 11.5 Å². The van der Waals surface area contributed by atoms with E-state index in [9.17, 15) is 9.90 Å². The third-order valence-corrected chi connectivity index (χ3v) is 4.63. The van der Waals surface area contributed by atoms with Gasteiger partial charge in [-0.25, -0.2) is 9.67 Å². The number of nitrogens with one attached hydrogen (secondary N) is 1. The summed E-state index contributed by atoms with van der Waals surface area (Å²) in [4.78, 5) is 17.2. The van der Waals surface area contributed by atoms with Crippen molar-refractivity contribution < 1.29 is 9.90 Å². The lowest BCUT2D eigenvalue weighted by molar-refractivity contribution is 0.0138. The van der Waals surface area contributed by atoms with Crippen LogP contribution in [0.3, 0.4) is 0 Å². The smallest absolute Gasteiger partial charge is 0.253 e. The molecule has 0 saturated carbocycles. The van der Waals surface area contributed by atoms with Crippen molar-refractivity contribution in [1.82, 2.24) is 20.1 Å². The van der Waals surface area contributed by atoms with Crippen LogP contribution >= 0.6 is 0 Å². The molecule has 2 rings (SSSR count). The summed E-state index contributed by atoms with van der Waals surface area (Å²) in [5, 5.41) is 18.5. The van der Waals surface area contributed by atoms with Crippen molar-refractivity contribution in [3.8, 4) is 0 Å². The fraction of sp³-hybridized carbons (Fsp3) is 0.632. The van der Waals surface area contributed by atoms with Crippen LogP contribution in [0.15, 0.2) is 12.3 Å². The topological polar surface area (TPSA) is 80.0 Å². The first-order chi connectivity index (χ1) is 11.5. The zero-order chi connectivity index (χ0) is 18.9. The molecule has 0 saturated heterocycles. The molecular formula is C19H30N4O2. The summed E-state index contributed by atoms with van der Waals surface area (Å²) in [6, 6.07) is 2.05. The van der Waals surface area contributed by atoms with Crippen LogP contribution in [-0.4, -0.2) is 38.4 Å². The predicted molar refractivity (Wildman–Crippen MR) is 99.6 cm³/mol. The van der Waals surface area contributed by atoms with Gasteiger partial charge >= 0.3 is 0 Å². The number of rotatable bonds is 6. The van der Waals surface area contributed by atoms with Gasteiger partial charge in [0.2, 0.25) is 0 Å². The zero-order valence-electron chi connectivity index (χ0n) is 16.3. The molecular weight excluding hydrogens is 316 g/mol. The Kier molecular flexibility index (Phi) is 5.52. The van der Waals surface area contributed by atoms with E-state index in [4.69, 9.17) is 0 Å². The Balaban J connectivity index is 2.21. The molecule has 2 heterocycles. The van der Waals surface area contributed by atoms with Crippen molar-refractivity contribution in [1.29, 1.82) is 0 Å². The Morgan fingerprint density at radius 1 is 1.32 bits per heavy atom. The van der Waals surface area contributed by atoms with Crippen LogP contribution in [0.5, 0.6) is 0 Å². The molecule has 0 spiro atoms. The Hall–Kier alpha value is -1.95. The summed E-state index contributed by atoms with van der Waals surface area (Å²) in [6.45, 7) is 14.2. The summed E-state index contributed by atoms with van der Waals surface area (Å²) >= 11 is 0. The second-order valence-electron chi connectivity index (χ2n) is 8.08. The molecule has 6 heteroatoms. The molecule has 2 aromatic rings. The number of pyridine rings is 1. The molecule has 1 atom stereocenters. The first-order valence-corrected chi connectivity index (χ1v) is 8.85. The van der Waals surface area contributed by atoms with Crippen molar-refractivity contribution in [2.75, 3.05) is 6.54 Å². The molecule has 6 nitrogen and oxygen atoms in total. The van der Waals surface area contributed by atoms with Gasteiger partial charge in [0.1, 0.15) is 0 Å². The number of aromatic nitrogens is 3. The fourth-order valence-electron chi connectivity index (χ4n) is 3.08. The predicted octanol–water partition coefficient (Wildman–Crippen LogP) is 3.09. The summed E-state index contributed by atoms with van der Waals surface area (Å²) < 4.78 is 1.85. The number of aliphatic hydroxyl groups excluding tert-OH is 1. The molecule has 25 heavy (non-hydrogen) atoms. The zero-order valence-corrected chi connectivity index (χ0v) is 16.3. The van der Waals surface area contributed by atoms with Crippen LogP contribution in [0.2, 0.25) is 0 Å². The molecule has 0 aliphatic carbocycles. The maximum Gasteiger partial charge on any atom is 0.253 e. The van der Waals surface area contributed by atoms with Crippen LogP contribution < -0.4 is 5.32 Å². The minimum Gasteiger partial charge on any atom is -0.392 e. The Labute approximate surface area is 149 Å². The maximum atomic E-state index is 12.6. The third kappa shape index (κ3) is 4.00. The van der Waals surface area contributed by atoms with Crippen LogP contribution in [0.1, 0.15) is 63.6 Å². The van der Waals surface area contributed by atoms with E-state index in [0.717, 1.165) is 11.0 Å². The number of carbonyl (C=O) groups excluding carboxylic acids is 1. The van der Waals surface area contributed by atoms with E-state index in [1.807, 2.05) is 59.2 Å². The van der Waals surface area contributed by atoms with E-state index in [2.05, 4.69) is 15.4 Å². The van der Waals surface area contributed by atoms with Crippen LogP contribution in [0.25, 0.3) is 11.0 Å². The number of amides is 1. The highest BCUT2D eigenvalue weighted by atomic mass is 16.3. The van der Waals surface area contributed by atoms with E-state index in [1.165, 1.54) is 0 Å². The summed E-state index contributed by atoms with van der Waals surface area (Å²) in [5.41, 5.74) is 1.61. The number of fused-ring (bicyclic) bond motifs is 1. The van der Waals surface area contributed by atoms with Gasteiger partial charge in [-0.2, -0.15) is 5.10 Å². The molecule has 0 aliphatic heterocycles. The fourth-order valence-corrected chi connectivity index (χ4v) is 3.08. The van der Waals surface area contributed by atoms with Gasteiger partial charge in [0.25, 0.3) is 5.91 Å². The molecule has 2 N–H and O–H groups in total. The second-order valence-corrected chi connectivity index (χ2v) is 8.08. The summed E-state index contributed by atoms with van der Waals surface area (Å²) in [5.74, 6) is -0.0400. The average Bonchev–Trinajstić information content (AvgIpc) is 2.93. The minimum atomic E-state index is -0.487. The van der Waals surface area contributed by atoms with Crippen molar-refractivity contribution >= 4 is 16.9 Å². The van der Waals surface area contributed by atoms with Crippen LogP contribution in [-0.2, 0) is 0 Å². The largest absolute Gasteiger partial charge is 0.392 e. The van der Waals surface area contributed by atoms with Gasteiger partial charge in [-0.3, -0.25) is 4.79 Å². The first kappa shape index (κ1) is 19.4. The van der Waals surface area contributed by atoms with Gasteiger partial charge in [-0.05, 0) is 32.8 Å². The molecule has 1 amide bonds. The maximum absolute atomic E-state index is 12.6. The lowest BCUT2D eigenvalue weighted by Gasteiger charge is -2.33. The molecule has 138 valence electrons. The van der Waals surface area contributed by atoms with E-state index in [0.29, 0.717) is 17.8 Å². The van der Waals surface area contributed by atoms with Gasteiger partial charge < -0.3 is 10.4 Å². The number of hydrogen-bond donors (Lipinski definition) is 2. The van der Waals surface area contributed by atoms with Crippen molar-refractivity contribution in [3.63, 3.8) is 0 Å². The molecule has 2 aromatic heterocycles. The summed E-state index contributed by atoms with van der Waals surface area (Å²) in [6.07, 6.45) is 1.25. The molecule has 0 aromatic carbocycles. The highest BCUT2D eigenvalue weighted by Gasteiger charge is 2.30. The monoisotopic (exact) mass is 346 g/mol. The molecule has 0 radical (unpaired) electrons.